The third kappa shape index (κ3) is 2.52. The van der Waals surface area contributed by atoms with E-state index in [1.807, 2.05) is 0 Å². The lowest BCUT2D eigenvalue weighted by atomic mass is 9.90. The van der Waals surface area contributed by atoms with Gasteiger partial charge in [-0.1, -0.05) is 49.7 Å². The summed E-state index contributed by atoms with van der Waals surface area (Å²) in [4.78, 5) is 0. The standard InChI is InChI=1S/C22H26/c1-5-6-10-21-20-11-8-7-9-18(20)14-22(21)19-13-12-15(2)16(3)17(19)4/h7-9,11-13H,5-6,10,14H2,1-4H3. The van der Waals surface area contributed by atoms with E-state index in [2.05, 4.69) is 64.1 Å². The van der Waals surface area contributed by atoms with Crippen molar-refractivity contribution in [2.75, 3.05) is 0 Å². The zero-order valence-electron chi connectivity index (χ0n) is 14.3. The van der Waals surface area contributed by atoms with Crippen molar-refractivity contribution in [1.29, 1.82) is 0 Å². The second kappa shape index (κ2) is 6.12. The average Bonchev–Trinajstić information content (AvgIpc) is 2.89. The van der Waals surface area contributed by atoms with Crippen LogP contribution in [0.3, 0.4) is 0 Å². The lowest BCUT2D eigenvalue weighted by molar-refractivity contribution is 0.825. The molecular formula is C22H26. The van der Waals surface area contributed by atoms with Gasteiger partial charge < -0.3 is 0 Å². The summed E-state index contributed by atoms with van der Waals surface area (Å²) < 4.78 is 0. The molecule has 3 rings (SSSR count). The highest BCUT2D eigenvalue weighted by molar-refractivity contribution is 5.97. The van der Waals surface area contributed by atoms with Gasteiger partial charge in [0.1, 0.15) is 0 Å². The maximum Gasteiger partial charge on any atom is -0.00107 e. The van der Waals surface area contributed by atoms with Crippen molar-refractivity contribution in [1.82, 2.24) is 0 Å². The molecule has 1 aliphatic carbocycles. The molecule has 0 unspecified atom stereocenters. The van der Waals surface area contributed by atoms with Gasteiger partial charge in [0.25, 0.3) is 0 Å². The Balaban J connectivity index is 2.13. The number of fused-ring (bicyclic) bond motifs is 1. The topological polar surface area (TPSA) is 0 Å². The fourth-order valence-corrected chi connectivity index (χ4v) is 3.61. The lowest BCUT2D eigenvalue weighted by Gasteiger charge is -2.15. The van der Waals surface area contributed by atoms with Gasteiger partial charge in [0.2, 0.25) is 0 Å². The zero-order chi connectivity index (χ0) is 15.7. The quantitative estimate of drug-likeness (QED) is 0.622. The number of hydrogen-bond acceptors (Lipinski definition) is 0. The molecule has 1 aliphatic rings. The maximum atomic E-state index is 2.34. The van der Waals surface area contributed by atoms with Crippen LogP contribution in [0.2, 0.25) is 0 Å². The molecule has 114 valence electrons. The van der Waals surface area contributed by atoms with Crippen LogP contribution in [0, 0.1) is 20.8 Å². The van der Waals surface area contributed by atoms with Crippen molar-refractivity contribution in [3.8, 4) is 0 Å². The van der Waals surface area contributed by atoms with E-state index in [1.54, 1.807) is 11.1 Å². The van der Waals surface area contributed by atoms with Crippen molar-refractivity contribution >= 4 is 11.1 Å². The van der Waals surface area contributed by atoms with Gasteiger partial charge in [0, 0.05) is 0 Å². The van der Waals surface area contributed by atoms with Crippen LogP contribution in [0.5, 0.6) is 0 Å². The van der Waals surface area contributed by atoms with Crippen LogP contribution in [0.4, 0.5) is 0 Å². The third-order valence-electron chi connectivity index (χ3n) is 5.24. The Morgan fingerprint density at radius 2 is 1.64 bits per heavy atom. The number of allylic oxidation sites excluding steroid dienone is 2. The molecule has 0 saturated heterocycles. The summed E-state index contributed by atoms with van der Waals surface area (Å²) in [7, 11) is 0. The number of hydrogen-bond donors (Lipinski definition) is 0. The molecular weight excluding hydrogens is 264 g/mol. The van der Waals surface area contributed by atoms with Gasteiger partial charge in [0.15, 0.2) is 0 Å². The molecule has 0 fully saturated rings. The SMILES string of the molecule is CCCCC1=C(c2ccc(C)c(C)c2C)Cc2ccccc21. The van der Waals surface area contributed by atoms with Gasteiger partial charge in [-0.2, -0.15) is 0 Å². The van der Waals surface area contributed by atoms with E-state index in [0.717, 1.165) is 6.42 Å². The van der Waals surface area contributed by atoms with E-state index < -0.39 is 0 Å². The summed E-state index contributed by atoms with van der Waals surface area (Å²) in [5, 5.41) is 0. The minimum Gasteiger partial charge on any atom is -0.0654 e. The molecule has 0 saturated carbocycles. The summed E-state index contributed by atoms with van der Waals surface area (Å²) >= 11 is 0. The lowest BCUT2D eigenvalue weighted by Crippen LogP contribution is -1.96. The normalized spacial score (nSPS) is 13.6. The predicted octanol–water partition coefficient (Wildman–Crippen LogP) is 6.27. The smallest absolute Gasteiger partial charge is 0.00107 e. The van der Waals surface area contributed by atoms with E-state index in [9.17, 15) is 0 Å². The monoisotopic (exact) mass is 290 g/mol. The fraction of sp³-hybridized carbons (Fsp3) is 0.364. The van der Waals surface area contributed by atoms with Gasteiger partial charge in [-0.15, -0.1) is 0 Å². The van der Waals surface area contributed by atoms with Gasteiger partial charge >= 0.3 is 0 Å². The molecule has 0 amide bonds. The minimum absolute atomic E-state index is 1.10. The van der Waals surface area contributed by atoms with E-state index in [-0.39, 0.29) is 0 Å². The summed E-state index contributed by atoms with van der Waals surface area (Å²) in [6.45, 7) is 9.03. The molecule has 0 nitrogen and oxygen atoms in total. The summed E-state index contributed by atoms with van der Waals surface area (Å²) in [6, 6.07) is 13.6. The molecule has 0 aromatic heterocycles. The molecule has 0 heteroatoms. The van der Waals surface area contributed by atoms with Gasteiger partial charge in [-0.3, -0.25) is 0 Å². The number of benzene rings is 2. The van der Waals surface area contributed by atoms with Crippen molar-refractivity contribution in [3.05, 3.63) is 69.8 Å². The molecule has 0 atom stereocenters. The molecule has 22 heavy (non-hydrogen) atoms. The number of rotatable bonds is 4. The first-order chi connectivity index (χ1) is 10.6. The third-order valence-corrected chi connectivity index (χ3v) is 5.24. The molecule has 0 aliphatic heterocycles. The maximum absolute atomic E-state index is 2.34. The highest BCUT2D eigenvalue weighted by atomic mass is 14.3. The van der Waals surface area contributed by atoms with Crippen molar-refractivity contribution in [2.45, 2.75) is 53.4 Å². The van der Waals surface area contributed by atoms with Crippen LogP contribution in [0.15, 0.2) is 36.4 Å². The molecule has 0 bridgehead atoms. The van der Waals surface area contributed by atoms with Crippen LogP contribution >= 0.6 is 0 Å². The number of unbranched alkanes of at least 4 members (excludes halogenated alkanes) is 1. The van der Waals surface area contributed by atoms with Gasteiger partial charge in [-0.05, 0) is 84.6 Å². The largest absolute Gasteiger partial charge is 0.0654 e. The van der Waals surface area contributed by atoms with E-state index in [4.69, 9.17) is 0 Å². The molecule has 0 radical (unpaired) electrons. The van der Waals surface area contributed by atoms with E-state index >= 15 is 0 Å². The molecule has 2 aromatic rings. The molecule has 0 spiro atoms. The highest BCUT2D eigenvalue weighted by Crippen LogP contribution is 2.42. The van der Waals surface area contributed by atoms with Crippen molar-refractivity contribution < 1.29 is 0 Å². The highest BCUT2D eigenvalue weighted by Gasteiger charge is 2.23. The Bertz CT molecular complexity index is 732. The fourth-order valence-electron chi connectivity index (χ4n) is 3.61. The van der Waals surface area contributed by atoms with Gasteiger partial charge in [-0.25, -0.2) is 0 Å². The predicted molar refractivity (Wildman–Crippen MR) is 97.1 cm³/mol. The summed E-state index contributed by atoms with van der Waals surface area (Å²) in [5.41, 5.74) is 11.9. The summed E-state index contributed by atoms with van der Waals surface area (Å²) in [5.74, 6) is 0. The van der Waals surface area contributed by atoms with Crippen LogP contribution in [0.25, 0.3) is 11.1 Å². The zero-order valence-corrected chi connectivity index (χ0v) is 14.3. The second-order valence-corrected chi connectivity index (χ2v) is 6.57. The van der Waals surface area contributed by atoms with Crippen molar-refractivity contribution in [2.24, 2.45) is 0 Å². The second-order valence-electron chi connectivity index (χ2n) is 6.57. The van der Waals surface area contributed by atoms with E-state index in [1.165, 1.54) is 52.6 Å². The van der Waals surface area contributed by atoms with Crippen LogP contribution < -0.4 is 0 Å². The minimum atomic E-state index is 1.10. The Morgan fingerprint density at radius 3 is 2.41 bits per heavy atom. The molecule has 2 aromatic carbocycles. The first-order valence-electron chi connectivity index (χ1n) is 8.51. The Labute approximate surface area is 134 Å². The van der Waals surface area contributed by atoms with Gasteiger partial charge in [0.05, 0.1) is 0 Å². The average molecular weight is 290 g/mol. The Hall–Kier alpha value is -1.82. The molecule has 0 heterocycles. The van der Waals surface area contributed by atoms with Crippen LogP contribution in [-0.2, 0) is 6.42 Å². The van der Waals surface area contributed by atoms with Crippen molar-refractivity contribution in [3.63, 3.8) is 0 Å². The summed E-state index contributed by atoms with van der Waals surface area (Å²) in [6.07, 6.45) is 4.83. The van der Waals surface area contributed by atoms with Crippen LogP contribution in [-0.4, -0.2) is 0 Å². The number of aryl methyl sites for hydroxylation is 1. The molecule has 0 N–H and O–H groups in total. The Morgan fingerprint density at radius 1 is 0.864 bits per heavy atom. The van der Waals surface area contributed by atoms with Crippen LogP contribution in [0.1, 0.15) is 59.6 Å². The van der Waals surface area contributed by atoms with E-state index in [0.29, 0.717) is 0 Å². The first kappa shape index (κ1) is 15.1. The Kier molecular flexibility index (Phi) is 4.20. The first-order valence-corrected chi connectivity index (χ1v) is 8.51.